The third-order valence-electron chi connectivity index (χ3n) is 4.62. The van der Waals surface area contributed by atoms with Gasteiger partial charge in [0.25, 0.3) is 0 Å². The van der Waals surface area contributed by atoms with E-state index in [4.69, 9.17) is 12.2 Å². The van der Waals surface area contributed by atoms with Gasteiger partial charge in [-0.2, -0.15) is 0 Å². The maximum atomic E-state index is 12.4. The van der Waals surface area contributed by atoms with E-state index in [0.717, 1.165) is 27.6 Å². The van der Waals surface area contributed by atoms with Gasteiger partial charge in [0.1, 0.15) is 0 Å². The van der Waals surface area contributed by atoms with E-state index in [1.165, 1.54) is 0 Å². The van der Waals surface area contributed by atoms with E-state index in [2.05, 4.69) is 16.0 Å². The smallest absolute Gasteiger partial charge is 0.230 e. The van der Waals surface area contributed by atoms with Crippen molar-refractivity contribution < 1.29 is 9.59 Å². The quantitative estimate of drug-likeness (QED) is 0.549. The summed E-state index contributed by atoms with van der Waals surface area (Å²) in [5.41, 5.74) is 2.80. The molecule has 6 heteroatoms. The summed E-state index contributed by atoms with van der Waals surface area (Å²) in [6.45, 7) is 0. The van der Waals surface area contributed by atoms with Crippen LogP contribution in [0.2, 0.25) is 0 Å². The number of hydrogen-bond donors (Lipinski definition) is 3. The van der Waals surface area contributed by atoms with Crippen molar-refractivity contribution in [3.8, 4) is 0 Å². The maximum Gasteiger partial charge on any atom is 0.230 e. The predicted molar refractivity (Wildman–Crippen MR) is 121 cm³/mol. The van der Waals surface area contributed by atoms with Crippen LogP contribution in [0.3, 0.4) is 0 Å². The van der Waals surface area contributed by atoms with Crippen LogP contribution < -0.4 is 16.0 Å². The molecule has 0 aliphatic heterocycles. The fourth-order valence-corrected chi connectivity index (χ4v) is 3.32. The third kappa shape index (κ3) is 5.86. The topological polar surface area (TPSA) is 70.2 Å². The number of hydrogen-bond acceptors (Lipinski definition) is 3. The average molecular weight is 406 g/mol. The van der Waals surface area contributed by atoms with Crippen LogP contribution in [0.25, 0.3) is 10.8 Å². The van der Waals surface area contributed by atoms with Crippen molar-refractivity contribution >= 4 is 45.6 Å². The Hall–Kier alpha value is -3.25. The summed E-state index contributed by atoms with van der Waals surface area (Å²) in [6, 6.07) is 21.6. The van der Waals surface area contributed by atoms with Crippen molar-refractivity contribution in [1.82, 2.24) is 10.6 Å². The largest absolute Gasteiger partial charge is 0.359 e. The van der Waals surface area contributed by atoms with Crippen LogP contribution in [-0.4, -0.2) is 24.0 Å². The standard InChI is InChI=1S/C23H23N3O2S/c1-24-21(27)14-11-16-9-12-19(13-10-16)25-23(29)26-22(28)15-18-7-4-6-17-5-2-3-8-20(17)18/h2-10,12-13H,11,14-15H2,1H3,(H,24,27)(H2,25,26,28,29). The SMILES string of the molecule is CNC(=O)CCc1ccc(NC(=S)NC(=O)Cc2cccc3ccccc23)cc1. The Balaban J connectivity index is 1.53. The first-order chi connectivity index (χ1) is 14.0. The molecular formula is C23H23N3O2S. The van der Waals surface area contributed by atoms with Gasteiger partial charge in [0.05, 0.1) is 6.42 Å². The molecular weight excluding hydrogens is 382 g/mol. The lowest BCUT2D eigenvalue weighted by molar-refractivity contribution is -0.120. The second kappa shape index (κ2) is 9.80. The normalized spacial score (nSPS) is 10.4. The minimum Gasteiger partial charge on any atom is -0.359 e. The highest BCUT2D eigenvalue weighted by Gasteiger charge is 2.09. The van der Waals surface area contributed by atoms with Crippen LogP contribution in [-0.2, 0) is 22.4 Å². The van der Waals surface area contributed by atoms with E-state index in [-0.39, 0.29) is 23.3 Å². The number of carbonyl (C=O) groups excluding carboxylic acids is 2. The second-order valence-electron chi connectivity index (χ2n) is 6.69. The zero-order valence-corrected chi connectivity index (χ0v) is 17.0. The van der Waals surface area contributed by atoms with Crippen molar-refractivity contribution in [2.45, 2.75) is 19.3 Å². The van der Waals surface area contributed by atoms with E-state index >= 15 is 0 Å². The van der Waals surface area contributed by atoms with Crippen LogP contribution >= 0.6 is 12.2 Å². The summed E-state index contributed by atoms with van der Waals surface area (Å²) in [5.74, 6) is -0.150. The van der Waals surface area contributed by atoms with Gasteiger partial charge in [-0.1, -0.05) is 54.6 Å². The first-order valence-electron chi connectivity index (χ1n) is 9.42. The highest BCUT2D eigenvalue weighted by atomic mass is 32.1. The number of thiocarbonyl (C=S) groups is 1. The molecule has 3 aromatic carbocycles. The first kappa shape index (κ1) is 20.5. The van der Waals surface area contributed by atoms with Crippen LogP contribution in [0.4, 0.5) is 5.69 Å². The number of carbonyl (C=O) groups is 2. The average Bonchev–Trinajstić information content (AvgIpc) is 2.73. The molecule has 148 valence electrons. The Kier molecular flexibility index (Phi) is 6.92. The second-order valence-corrected chi connectivity index (χ2v) is 7.10. The van der Waals surface area contributed by atoms with Gasteiger partial charge in [-0.3, -0.25) is 9.59 Å². The molecule has 2 amide bonds. The molecule has 0 aliphatic rings. The number of aryl methyl sites for hydroxylation is 1. The summed E-state index contributed by atoms with van der Waals surface area (Å²) in [6.07, 6.45) is 1.37. The molecule has 0 aliphatic carbocycles. The molecule has 5 nitrogen and oxygen atoms in total. The number of rotatable bonds is 6. The number of anilines is 1. The summed E-state index contributed by atoms with van der Waals surface area (Å²) >= 11 is 5.26. The van der Waals surface area contributed by atoms with Crippen LogP contribution in [0.5, 0.6) is 0 Å². The van der Waals surface area contributed by atoms with Gasteiger partial charge in [-0.25, -0.2) is 0 Å². The zero-order valence-electron chi connectivity index (χ0n) is 16.2. The third-order valence-corrected chi connectivity index (χ3v) is 4.82. The first-order valence-corrected chi connectivity index (χ1v) is 9.83. The molecule has 3 N–H and O–H groups in total. The lowest BCUT2D eigenvalue weighted by Gasteiger charge is -2.11. The highest BCUT2D eigenvalue weighted by molar-refractivity contribution is 7.80. The van der Waals surface area contributed by atoms with Gasteiger partial charge >= 0.3 is 0 Å². The molecule has 0 heterocycles. The summed E-state index contributed by atoms with van der Waals surface area (Å²) < 4.78 is 0. The number of amides is 2. The van der Waals surface area contributed by atoms with Gasteiger partial charge in [-0.15, -0.1) is 0 Å². The van der Waals surface area contributed by atoms with Gasteiger partial charge < -0.3 is 16.0 Å². The summed E-state index contributed by atoms with van der Waals surface area (Å²) in [5, 5.41) is 10.8. The van der Waals surface area contributed by atoms with Crippen molar-refractivity contribution in [3.63, 3.8) is 0 Å². The molecule has 0 radical (unpaired) electrons. The van der Waals surface area contributed by atoms with E-state index in [9.17, 15) is 9.59 Å². The summed E-state index contributed by atoms with van der Waals surface area (Å²) in [7, 11) is 1.63. The Labute approximate surface area is 175 Å². The molecule has 29 heavy (non-hydrogen) atoms. The molecule has 0 fully saturated rings. The molecule has 0 spiro atoms. The maximum absolute atomic E-state index is 12.4. The number of nitrogens with one attached hydrogen (secondary N) is 3. The van der Waals surface area contributed by atoms with Crippen LogP contribution in [0, 0.1) is 0 Å². The Morgan fingerprint density at radius 2 is 1.62 bits per heavy atom. The van der Waals surface area contributed by atoms with Crippen molar-refractivity contribution in [3.05, 3.63) is 77.9 Å². The summed E-state index contributed by atoms with van der Waals surface area (Å²) in [4.78, 5) is 23.7. The van der Waals surface area contributed by atoms with Gasteiger partial charge in [0.2, 0.25) is 11.8 Å². The van der Waals surface area contributed by atoms with Crippen molar-refractivity contribution in [2.75, 3.05) is 12.4 Å². The molecule has 0 aromatic heterocycles. The van der Waals surface area contributed by atoms with E-state index < -0.39 is 0 Å². The fourth-order valence-electron chi connectivity index (χ4n) is 3.09. The highest BCUT2D eigenvalue weighted by Crippen LogP contribution is 2.19. The van der Waals surface area contributed by atoms with Gasteiger partial charge in [-0.05, 0) is 52.7 Å². The molecule has 0 atom stereocenters. The van der Waals surface area contributed by atoms with E-state index in [0.29, 0.717) is 12.8 Å². The van der Waals surface area contributed by atoms with E-state index in [1.54, 1.807) is 7.05 Å². The molecule has 0 saturated carbocycles. The van der Waals surface area contributed by atoms with Crippen molar-refractivity contribution in [1.29, 1.82) is 0 Å². The van der Waals surface area contributed by atoms with Crippen LogP contribution in [0.15, 0.2) is 66.7 Å². The minimum atomic E-state index is -0.166. The minimum absolute atomic E-state index is 0.0160. The van der Waals surface area contributed by atoms with E-state index in [1.807, 2.05) is 66.7 Å². The molecule has 0 saturated heterocycles. The predicted octanol–water partition coefficient (Wildman–Crippen LogP) is 3.57. The number of benzene rings is 3. The van der Waals surface area contributed by atoms with Gasteiger partial charge in [0, 0.05) is 19.2 Å². The lowest BCUT2D eigenvalue weighted by atomic mass is 10.0. The Bertz CT molecular complexity index is 1030. The molecule has 3 rings (SSSR count). The molecule has 3 aromatic rings. The zero-order chi connectivity index (χ0) is 20.6. The Morgan fingerprint density at radius 3 is 2.38 bits per heavy atom. The lowest BCUT2D eigenvalue weighted by Crippen LogP contribution is -2.35. The Morgan fingerprint density at radius 1 is 0.897 bits per heavy atom. The molecule has 0 bridgehead atoms. The monoisotopic (exact) mass is 405 g/mol. The van der Waals surface area contributed by atoms with Crippen LogP contribution in [0.1, 0.15) is 17.5 Å². The fraction of sp³-hybridized carbons (Fsp3) is 0.174. The van der Waals surface area contributed by atoms with Gasteiger partial charge in [0.15, 0.2) is 5.11 Å². The number of fused-ring (bicyclic) bond motifs is 1. The molecule has 0 unspecified atom stereocenters. The van der Waals surface area contributed by atoms with Crippen molar-refractivity contribution in [2.24, 2.45) is 0 Å².